The number of thiophene rings is 2. The molecule has 3 aromatic rings. The average Bonchev–Trinajstić information content (AvgIpc) is 3.19. The maximum atomic E-state index is 13.2. The van der Waals surface area contributed by atoms with E-state index in [1.807, 2.05) is 41.9 Å². The van der Waals surface area contributed by atoms with E-state index in [-0.39, 0.29) is 9.92 Å². The highest BCUT2D eigenvalue weighted by Crippen LogP contribution is 2.29. The average molecular weight is 398 g/mol. The van der Waals surface area contributed by atoms with Crippen LogP contribution < -0.4 is 0 Å². The largest absolute Gasteiger partial charge is 0.245 e. The van der Waals surface area contributed by atoms with Gasteiger partial charge in [-0.3, -0.25) is 0 Å². The van der Waals surface area contributed by atoms with Crippen molar-refractivity contribution in [2.24, 2.45) is 0 Å². The van der Waals surface area contributed by atoms with E-state index in [9.17, 15) is 8.42 Å². The molecular formula is C17H16ClNO2S3. The van der Waals surface area contributed by atoms with Crippen molar-refractivity contribution in [3.63, 3.8) is 0 Å². The van der Waals surface area contributed by atoms with Crippen molar-refractivity contribution >= 4 is 44.3 Å². The van der Waals surface area contributed by atoms with Crippen LogP contribution in [0.1, 0.15) is 15.3 Å². The molecule has 24 heavy (non-hydrogen) atoms. The van der Waals surface area contributed by atoms with Crippen molar-refractivity contribution in [2.45, 2.75) is 24.9 Å². The lowest BCUT2D eigenvalue weighted by Gasteiger charge is -2.22. The van der Waals surface area contributed by atoms with Crippen LogP contribution in [0.4, 0.5) is 0 Å². The number of rotatable bonds is 6. The maximum Gasteiger partial charge on any atom is 0.245 e. The molecule has 1 aromatic carbocycles. The molecule has 126 valence electrons. The fourth-order valence-corrected chi connectivity index (χ4v) is 5.90. The number of halogens is 1. The van der Waals surface area contributed by atoms with Crippen LogP contribution >= 0.6 is 34.3 Å². The smallest absolute Gasteiger partial charge is 0.207 e. The molecule has 3 nitrogen and oxygen atoms in total. The van der Waals surface area contributed by atoms with Gasteiger partial charge in [0.05, 0.1) is 5.02 Å². The van der Waals surface area contributed by atoms with Gasteiger partial charge in [0, 0.05) is 22.8 Å². The summed E-state index contributed by atoms with van der Waals surface area (Å²) in [7, 11) is -3.69. The van der Waals surface area contributed by atoms with Crippen LogP contribution in [0.15, 0.2) is 58.1 Å². The van der Waals surface area contributed by atoms with Crippen molar-refractivity contribution in [1.29, 1.82) is 0 Å². The van der Waals surface area contributed by atoms with Crippen molar-refractivity contribution in [1.82, 2.24) is 4.31 Å². The monoisotopic (exact) mass is 397 g/mol. The van der Waals surface area contributed by atoms with E-state index in [1.54, 1.807) is 40.9 Å². The lowest BCUT2D eigenvalue weighted by atomic mass is 10.2. The summed E-state index contributed by atoms with van der Waals surface area (Å²) in [4.78, 5) is 2.15. The number of aryl methyl sites for hydroxylation is 1. The van der Waals surface area contributed by atoms with E-state index in [0.29, 0.717) is 13.1 Å². The molecule has 0 aliphatic carbocycles. The van der Waals surface area contributed by atoms with Gasteiger partial charge in [0.2, 0.25) is 10.0 Å². The van der Waals surface area contributed by atoms with Gasteiger partial charge in [0.1, 0.15) is 4.90 Å². The fourth-order valence-electron chi connectivity index (χ4n) is 2.33. The Balaban J connectivity index is 1.99. The number of sulfonamides is 1. The highest BCUT2D eigenvalue weighted by Gasteiger charge is 2.27. The first-order valence-corrected chi connectivity index (χ1v) is 10.9. The van der Waals surface area contributed by atoms with E-state index in [2.05, 4.69) is 0 Å². The Kier molecular flexibility index (Phi) is 5.42. The molecule has 2 aromatic heterocycles. The van der Waals surface area contributed by atoms with Crippen molar-refractivity contribution < 1.29 is 8.42 Å². The molecule has 0 bridgehead atoms. The van der Waals surface area contributed by atoms with E-state index >= 15 is 0 Å². The summed E-state index contributed by atoms with van der Waals surface area (Å²) in [6, 6.07) is 12.8. The van der Waals surface area contributed by atoms with Gasteiger partial charge < -0.3 is 0 Å². The second-order valence-corrected chi connectivity index (χ2v) is 9.74. The number of hydrogen-bond acceptors (Lipinski definition) is 4. The van der Waals surface area contributed by atoms with Crippen LogP contribution in [0.25, 0.3) is 0 Å². The molecule has 3 rings (SSSR count). The fraction of sp³-hybridized carbons (Fsp3) is 0.176. The minimum Gasteiger partial charge on any atom is -0.207 e. The third-order valence-electron chi connectivity index (χ3n) is 3.53. The van der Waals surface area contributed by atoms with Gasteiger partial charge in [-0.1, -0.05) is 29.8 Å². The van der Waals surface area contributed by atoms with Crippen LogP contribution in [0.3, 0.4) is 0 Å². The first-order valence-electron chi connectivity index (χ1n) is 7.28. The Labute approximate surface area is 155 Å². The van der Waals surface area contributed by atoms with E-state index in [0.717, 1.165) is 15.3 Å². The second-order valence-electron chi connectivity index (χ2n) is 5.37. The van der Waals surface area contributed by atoms with Gasteiger partial charge in [-0.15, -0.1) is 22.7 Å². The van der Waals surface area contributed by atoms with Crippen LogP contribution in [0.5, 0.6) is 0 Å². The first kappa shape index (κ1) is 17.6. The zero-order chi connectivity index (χ0) is 17.2. The van der Waals surface area contributed by atoms with E-state index < -0.39 is 10.0 Å². The number of benzene rings is 1. The summed E-state index contributed by atoms with van der Waals surface area (Å²) in [5.74, 6) is 0. The quantitative estimate of drug-likeness (QED) is 0.575. The van der Waals surface area contributed by atoms with E-state index in [4.69, 9.17) is 11.6 Å². The predicted octanol–water partition coefficient (Wildman–Crippen LogP) is 5.16. The van der Waals surface area contributed by atoms with Crippen LogP contribution in [0.2, 0.25) is 5.02 Å². The second kappa shape index (κ2) is 7.37. The van der Waals surface area contributed by atoms with Crippen molar-refractivity contribution in [3.05, 3.63) is 73.6 Å². The third kappa shape index (κ3) is 3.90. The van der Waals surface area contributed by atoms with Gasteiger partial charge in [-0.2, -0.15) is 4.31 Å². The Hall–Kier alpha value is -1.18. The molecule has 0 saturated carbocycles. The minimum atomic E-state index is -3.69. The molecule has 7 heteroatoms. The summed E-state index contributed by atoms with van der Waals surface area (Å²) < 4.78 is 27.8. The first-order chi connectivity index (χ1) is 11.5. The summed E-state index contributed by atoms with van der Waals surface area (Å²) in [6.07, 6.45) is 0. The summed E-state index contributed by atoms with van der Waals surface area (Å²) in [6.45, 7) is 2.56. The van der Waals surface area contributed by atoms with Gasteiger partial charge in [0.15, 0.2) is 0 Å². The molecule has 0 N–H and O–H groups in total. The molecule has 0 fully saturated rings. The van der Waals surface area contributed by atoms with Crippen LogP contribution in [-0.4, -0.2) is 12.7 Å². The number of hydrogen-bond donors (Lipinski definition) is 0. The highest BCUT2D eigenvalue weighted by atomic mass is 35.5. The Morgan fingerprint density at radius 2 is 1.58 bits per heavy atom. The van der Waals surface area contributed by atoms with E-state index in [1.165, 1.54) is 4.31 Å². The zero-order valence-corrected chi connectivity index (χ0v) is 16.2. The molecule has 2 heterocycles. The Bertz CT molecular complexity index is 867. The Morgan fingerprint density at radius 1 is 1.00 bits per heavy atom. The molecule has 0 unspecified atom stereocenters. The topological polar surface area (TPSA) is 37.4 Å². The molecule has 0 amide bonds. The van der Waals surface area contributed by atoms with Crippen LogP contribution in [0, 0.1) is 6.92 Å². The van der Waals surface area contributed by atoms with Gasteiger partial charge in [0.25, 0.3) is 0 Å². The molecule has 0 atom stereocenters. The Morgan fingerprint density at radius 3 is 2.04 bits per heavy atom. The molecule has 0 radical (unpaired) electrons. The lowest BCUT2D eigenvalue weighted by Crippen LogP contribution is -2.30. The molecule has 0 saturated heterocycles. The van der Waals surface area contributed by atoms with Gasteiger partial charge in [-0.05, 0) is 47.5 Å². The predicted molar refractivity (Wildman–Crippen MR) is 101 cm³/mol. The summed E-state index contributed by atoms with van der Waals surface area (Å²) in [5.41, 5.74) is 0.932. The summed E-state index contributed by atoms with van der Waals surface area (Å²) in [5, 5.41) is 4.16. The molecule has 0 aliphatic heterocycles. The molecule has 0 spiro atoms. The normalized spacial score (nSPS) is 12.0. The SMILES string of the molecule is Cc1ccc(S(=O)(=O)N(Cc2cccs2)Cc2cccs2)c(Cl)c1. The lowest BCUT2D eigenvalue weighted by molar-refractivity contribution is 0.407. The van der Waals surface area contributed by atoms with Crippen molar-refractivity contribution in [3.8, 4) is 0 Å². The third-order valence-corrected chi connectivity index (χ3v) is 7.53. The number of nitrogens with zero attached hydrogens (tertiary/aromatic N) is 1. The van der Waals surface area contributed by atoms with Crippen molar-refractivity contribution in [2.75, 3.05) is 0 Å². The molecule has 0 aliphatic rings. The zero-order valence-electron chi connectivity index (χ0n) is 13.0. The standard InChI is InChI=1S/C17H16ClNO2S3/c1-13-6-7-17(16(18)10-13)24(20,21)19(11-14-4-2-8-22-14)12-15-5-3-9-23-15/h2-10H,11-12H2,1H3. The van der Waals surface area contributed by atoms with Gasteiger partial charge in [-0.25, -0.2) is 8.42 Å². The van der Waals surface area contributed by atoms with Crippen LogP contribution in [-0.2, 0) is 23.1 Å². The minimum absolute atomic E-state index is 0.155. The molecular weight excluding hydrogens is 382 g/mol. The van der Waals surface area contributed by atoms with Gasteiger partial charge >= 0.3 is 0 Å². The summed E-state index contributed by atoms with van der Waals surface area (Å²) >= 11 is 9.31. The maximum absolute atomic E-state index is 13.2. The highest BCUT2D eigenvalue weighted by molar-refractivity contribution is 7.89.